The van der Waals surface area contributed by atoms with Crippen LogP contribution in [-0.2, 0) is 10.2 Å². The van der Waals surface area contributed by atoms with Gasteiger partial charge in [-0.3, -0.25) is 0 Å². The molecule has 0 atom stereocenters. The Kier molecular flexibility index (Phi) is 7.28. The molecule has 1 saturated carbocycles. The first-order valence-corrected chi connectivity index (χ1v) is 8.84. The van der Waals surface area contributed by atoms with Gasteiger partial charge in [0.2, 0.25) is 0 Å². The molecule has 1 rings (SSSR count). The molecule has 6 heteroatoms. The monoisotopic (exact) mass is 291 g/mol. The van der Waals surface area contributed by atoms with Crippen LogP contribution in [0.3, 0.4) is 0 Å². The van der Waals surface area contributed by atoms with E-state index in [4.69, 9.17) is 0 Å². The van der Waals surface area contributed by atoms with Crippen LogP contribution in [0.4, 0.5) is 0 Å². The first kappa shape index (κ1) is 16.9. The van der Waals surface area contributed by atoms with E-state index in [9.17, 15) is 8.42 Å². The lowest BCUT2D eigenvalue weighted by Gasteiger charge is -2.28. The molecule has 0 aromatic heterocycles. The zero-order valence-corrected chi connectivity index (χ0v) is 13.3. The van der Waals surface area contributed by atoms with E-state index in [-0.39, 0.29) is 6.04 Å². The summed E-state index contributed by atoms with van der Waals surface area (Å²) < 4.78 is 28.5. The van der Waals surface area contributed by atoms with Gasteiger partial charge in [0.05, 0.1) is 0 Å². The highest BCUT2D eigenvalue weighted by Crippen LogP contribution is 2.24. The summed E-state index contributed by atoms with van der Waals surface area (Å²) in [6.07, 6.45) is 5.01. The lowest BCUT2D eigenvalue weighted by Crippen LogP contribution is -2.45. The molecule has 5 nitrogen and oxygen atoms in total. The van der Waals surface area contributed by atoms with Crippen LogP contribution in [0.2, 0.25) is 0 Å². The minimum absolute atomic E-state index is 0.123. The lowest BCUT2D eigenvalue weighted by molar-refractivity contribution is 0.325. The summed E-state index contributed by atoms with van der Waals surface area (Å²) in [6, 6.07) is 0.123. The fourth-order valence-corrected chi connectivity index (χ4v) is 3.61. The molecule has 0 amide bonds. The molecule has 0 radical (unpaired) electrons. The fraction of sp³-hybridized carbons (Fsp3) is 1.00. The summed E-state index contributed by atoms with van der Waals surface area (Å²) in [5, 5.41) is 3.20. The quantitative estimate of drug-likeness (QED) is 0.663. The first-order chi connectivity index (χ1) is 8.95. The maximum absolute atomic E-state index is 12.1. The molecule has 0 spiro atoms. The van der Waals surface area contributed by atoms with Gasteiger partial charge in [0.15, 0.2) is 0 Å². The molecule has 0 bridgehead atoms. The average molecular weight is 291 g/mol. The number of hydrogen-bond acceptors (Lipinski definition) is 3. The molecule has 19 heavy (non-hydrogen) atoms. The molecule has 114 valence electrons. The van der Waals surface area contributed by atoms with Crippen molar-refractivity contribution in [2.45, 2.75) is 52.0 Å². The van der Waals surface area contributed by atoms with E-state index in [2.05, 4.69) is 17.0 Å². The van der Waals surface area contributed by atoms with Crippen molar-refractivity contribution < 1.29 is 8.42 Å². The van der Waals surface area contributed by atoms with Gasteiger partial charge in [-0.2, -0.15) is 17.4 Å². The Balaban J connectivity index is 2.33. The van der Waals surface area contributed by atoms with E-state index in [1.165, 1.54) is 4.31 Å². The normalized spacial score (nSPS) is 24.8. The van der Waals surface area contributed by atoms with Gasteiger partial charge in [0, 0.05) is 19.6 Å². The van der Waals surface area contributed by atoms with E-state index in [0.29, 0.717) is 6.54 Å². The molecular weight excluding hydrogens is 262 g/mol. The Bertz CT molecular complexity index is 338. The van der Waals surface area contributed by atoms with Crippen molar-refractivity contribution in [3.8, 4) is 0 Å². The zero-order chi connectivity index (χ0) is 14.3. The molecular formula is C13H29N3O2S. The Labute approximate surface area is 118 Å². The Morgan fingerprint density at radius 2 is 1.84 bits per heavy atom. The highest BCUT2D eigenvalue weighted by Gasteiger charge is 2.25. The van der Waals surface area contributed by atoms with Crippen LogP contribution in [0.25, 0.3) is 0 Å². The maximum Gasteiger partial charge on any atom is 0.279 e. The molecule has 0 unspecified atom stereocenters. The lowest BCUT2D eigenvalue weighted by atomic mass is 9.88. The Morgan fingerprint density at radius 3 is 2.42 bits per heavy atom. The van der Waals surface area contributed by atoms with Gasteiger partial charge < -0.3 is 5.32 Å². The molecule has 1 aliphatic rings. The summed E-state index contributed by atoms with van der Waals surface area (Å²) in [5.41, 5.74) is 0. The highest BCUT2D eigenvalue weighted by atomic mass is 32.2. The van der Waals surface area contributed by atoms with Gasteiger partial charge in [0.1, 0.15) is 0 Å². The molecule has 0 aromatic carbocycles. The summed E-state index contributed by atoms with van der Waals surface area (Å²) in [5.74, 6) is 0.735. The first-order valence-electron chi connectivity index (χ1n) is 7.40. The van der Waals surface area contributed by atoms with Crippen molar-refractivity contribution in [1.29, 1.82) is 0 Å². The average Bonchev–Trinajstić information content (AvgIpc) is 2.37. The van der Waals surface area contributed by atoms with E-state index < -0.39 is 10.2 Å². The fourth-order valence-electron chi connectivity index (χ4n) is 2.40. The third-order valence-electron chi connectivity index (χ3n) is 3.82. The summed E-state index contributed by atoms with van der Waals surface area (Å²) in [7, 11) is -1.66. The third kappa shape index (κ3) is 6.21. The van der Waals surface area contributed by atoms with Gasteiger partial charge in [-0.15, -0.1) is 0 Å². The predicted molar refractivity (Wildman–Crippen MR) is 79.3 cm³/mol. The Morgan fingerprint density at radius 1 is 1.21 bits per heavy atom. The molecule has 2 N–H and O–H groups in total. The van der Waals surface area contributed by atoms with Crippen molar-refractivity contribution >= 4 is 10.2 Å². The summed E-state index contributed by atoms with van der Waals surface area (Å²) in [4.78, 5) is 0. The van der Waals surface area contributed by atoms with Crippen molar-refractivity contribution in [2.75, 3.05) is 26.7 Å². The van der Waals surface area contributed by atoms with Crippen molar-refractivity contribution in [1.82, 2.24) is 14.3 Å². The predicted octanol–water partition coefficient (Wildman–Crippen LogP) is 1.33. The van der Waals surface area contributed by atoms with Crippen LogP contribution in [-0.4, -0.2) is 45.4 Å². The van der Waals surface area contributed by atoms with Gasteiger partial charge in [0.25, 0.3) is 10.2 Å². The van der Waals surface area contributed by atoms with Crippen LogP contribution in [0.5, 0.6) is 0 Å². The second kappa shape index (κ2) is 8.19. The van der Waals surface area contributed by atoms with E-state index in [1.807, 2.05) is 6.92 Å². The summed E-state index contributed by atoms with van der Waals surface area (Å²) >= 11 is 0. The molecule has 0 aliphatic heterocycles. The van der Waals surface area contributed by atoms with E-state index in [1.54, 1.807) is 7.05 Å². The van der Waals surface area contributed by atoms with E-state index in [0.717, 1.165) is 51.1 Å². The van der Waals surface area contributed by atoms with Crippen LogP contribution < -0.4 is 10.0 Å². The molecule has 1 fully saturated rings. The standard InChI is InChI=1S/C13H29N3O2S/c1-4-14-10-5-11-16(3)19(17,18)15-13-8-6-12(2)7-9-13/h12-15H,4-11H2,1-3H3. The molecule has 0 aromatic rings. The highest BCUT2D eigenvalue weighted by molar-refractivity contribution is 7.87. The second-order valence-corrected chi connectivity index (χ2v) is 7.42. The summed E-state index contributed by atoms with van der Waals surface area (Å²) in [6.45, 7) is 6.63. The molecule has 1 aliphatic carbocycles. The maximum atomic E-state index is 12.1. The number of rotatable bonds is 8. The van der Waals surface area contributed by atoms with Gasteiger partial charge in [-0.1, -0.05) is 13.8 Å². The molecule has 0 heterocycles. The Hall–Kier alpha value is -0.170. The van der Waals surface area contributed by atoms with E-state index >= 15 is 0 Å². The topological polar surface area (TPSA) is 61.4 Å². The van der Waals surface area contributed by atoms with Crippen molar-refractivity contribution in [3.05, 3.63) is 0 Å². The number of nitrogens with zero attached hydrogens (tertiary/aromatic N) is 1. The van der Waals surface area contributed by atoms with Crippen molar-refractivity contribution in [3.63, 3.8) is 0 Å². The smallest absolute Gasteiger partial charge is 0.279 e. The third-order valence-corrected chi connectivity index (χ3v) is 5.45. The van der Waals surface area contributed by atoms with Gasteiger partial charge >= 0.3 is 0 Å². The van der Waals surface area contributed by atoms with Gasteiger partial charge in [-0.05, 0) is 51.1 Å². The largest absolute Gasteiger partial charge is 0.317 e. The minimum Gasteiger partial charge on any atom is -0.317 e. The minimum atomic E-state index is -3.31. The second-order valence-electron chi connectivity index (χ2n) is 5.61. The van der Waals surface area contributed by atoms with Crippen LogP contribution in [0.1, 0.15) is 46.0 Å². The zero-order valence-electron chi connectivity index (χ0n) is 12.5. The number of nitrogens with one attached hydrogen (secondary N) is 2. The van der Waals surface area contributed by atoms with Crippen LogP contribution in [0.15, 0.2) is 0 Å². The van der Waals surface area contributed by atoms with Gasteiger partial charge in [-0.25, -0.2) is 0 Å². The van der Waals surface area contributed by atoms with Crippen molar-refractivity contribution in [2.24, 2.45) is 5.92 Å². The SMILES string of the molecule is CCNCCCN(C)S(=O)(=O)NC1CCC(C)CC1. The van der Waals surface area contributed by atoms with Crippen LogP contribution >= 0.6 is 0 Å². The number of hydrogen-bond donors (Lipinski definition) is 2. The molecule has 0 saturated heterocycles. The van der Waals surface area contributed by atoms with Crippen LogP contribution in [0, 0.1) is 5.92 Å².